The minimum atomic E-state index is -5.39. The molecule has 1 atom stereocenters. The Hall–Kier alpha value is -2.75. The van der Waals surface area contributed by atoms with Gasteiger partial charge in [0.25, 0.3) is 0 Å². The van der Waals surface area contributed by atoms with Crippen LogP contribution in [0.25, 0.3) is 11.1 Å². The van der Waals surface area contributed by atoms with E-state index >= 15 is 0 Å². The fraction of sp³-hybridized carbons (Fsp3) is 0.182. The van der Waals surface area contributed by atoms with Gasteiger partial charge in [0.15, 0.2) is 0 Å². The second-order valence-corrected chi connectivity index (χ2v) is 7.07. The summed E-state index contributed by atoms with van der Waals surface area (Å²) in [6.45, 7) is -0.272. The maximum absolute atomic E-state index is 13.8. The summed E-state index contributed by atoms with van der Waals surface area (Å²) in [5.41, 5.74) is -0.964. The molecule has 0 aliphatic heterocycles. The summed E-state index contributed by atoms with van der Waals surface area (Å²) in [6.07, 6.45) is -5.81. The van der Waals surface area contributed by atoms with Gasteiger partial charge in [-0.1, -0.05) is 48.5 Å². The van der Waals surface area contributed by atoms with Gasteiger partial charge in [0.05, 0.1) is 11.7 Å². The van der Waals surface area contributed by atoms with E-state index in [9.17, 15) is 27.9 Å². The molecule has 1 unspecified atom stereocenters. The fourth-order valence-electron chi connectivity index (χ4n) is 3.92. The summed E-state index contributed by atoms with van der Waals surface area (Å²) < 4.78 is 46.4. The smallest absolute Gasteiger partial charge is 0.547 e. The number of nitrogens with one attached hydrogen (secondary N) is 2. The molecule has 0 saturated heterocycles. The van der Waals surface area contributed by atoms with Gasteiger partial charge in [0, 0.05) is 12.1 Å². The molecule has 3 aromatic rings. The summed E-state index contributed by atoms with van der Waals surface area (Å²) in [4.78, 5) is 26.1. The number of halogens is 3. The Morgan fingerprint density at radius 2 is 1.53 bits per heavy atom. The van der Waals surface area contributed by atoms with E-state index in [2.05, 4.69) is 4.98 Å². The van der Waals surface area contributed by atoms with Crippen LogP contribution in [0, 0.1) is 0 Å². The van der Waals surface area contributed by atoms with E-state index in [4.69, 9.17) is 4.74 Å². The number of carboxylic acid groups (broad SMARTS) is 1. The molecule has 2 aromatic carbocycles. The van der Waals surface area contributed by atoms with Crippen molar-refractivity contribution >= 4 is 12.1 Å². The van der Waals surface area contributed by atoms with Crippen LogP contribution in [0.1, 0.15) is 22.7 Å². The van der Waals surface area contributed by atoms with Crippen molar-refractivity contribution < 1.29 is 62.2 Å². The number of hydrogen-bond donors (Lipinski definition) is 2. The Morgan fingerprint density at radius 1 is 0.969 bits per heavy atom. The number of carbonyl (C=O) groups excluding carboxylic acids is 2. The standard InChI is InChI=1S/C22H17F3N2O4.Na/c23-22(24,25)21(19(28)29,18-10-5-11-26-18)27-20(30)31-12-17-15-8-3-1-6-13(15)14-7-2-4-9-16(14)17;/h1-11,17,26H,12H2,(H,27,30)(H,28,29);/q;+1/p-1. The SMILES string of the molecule is O=C(NC(C(=O)[O-])(c1ccc[nH]1)C(F)(F)F)OCC1c2ccccc2-c2ccccc21.[Na+]. The molecule has 32 heavy (non-hydrogen) atoms. The van der Waals surface area contributed by atoms with Crippen molar-refractivity contribution in [1.82, 2.24) is 10.3 Å². The third-order valence-corrected chi connectivity index (χ3v) is 5.37. The Labute approximate surface area is 203 Å². The molecular weight excluding hydrogens is 436 g/mol. The molecule has 0 saturated carbocycles. The van der Waals surface area contributed by atoms with E-state index < -0.39 is 35.4 Å². The molecule has 0 radical (unpaired) electrons. The zero-order valence-corrected chi connectivity index (χ0v) is 18.9. The number of aromatic amines is 1. The number of alkyl carbamates (subject to hydrolysis) is 1. The first kappa shape index (κ1) is 23.9. The van der Waals surface area contributed by atoms with Crippen LogP contribution in [-0.4, -0.2) is 29.8 Å². The average molecular weight is 452 g/mol. The fourth-order valence-corrected chi connectivity index (χ4v) is 3.92. The Bertz CT molecular complexity index is 1090. The molecule has 4 rings (SSSR count). The normalized spacial score (nSPS) is 14.5. The number of aromatic nitrogens is 1. The summed E-state index contributed by atoms with van der Waals surface area (Å²) in [5, 5.41) is 13.0. The van der Waals surface area contributed by atoms with Gasteiger partial charge in [0.2, 0.25) is 5.54 Å². The number of fused-ring (bicyclic) bond motifs is 3. The number of hydrogen-bond acceptors (Lipinski definition) is 4. The van der Waals surface area contributed by atoms with Crippen LogP contribution >= 0.6 is 0 Å². The Balaban J connectivity index is 0.00000289. The number of rotatable bonds is 5. The maximum atomic E-state index is 13.8. The van der Waals surface area contributed by atoms with Gasteiger partial charge in [-0.3, -0.25) is 5.32 Å². The van der Waals surface area contributed by atoms with Crippen LogP contribution in [0.3, 0.4) is 0 Å². The molecule has 0 spiro atoms. The quantitative estimate of drug-likeness (QED) is 0.536. The van der Waals surface area contributed by atoms with Crippen molar-refractivity contribution in [3.8, 4) is 11.1 Å². The molecule has 10 heteroatoms. The Kier molecular flexibility index (Phi) is 6.73. The van der Waals surface area contributed by atoms with Crippen molar-refractivity contribution in [2.45, 2.75) is 17.6 Å². The van der Waals surface area contributed by atoms with E-state index in [0.717, 1.165) is 34.5 Å². The van der Waals surface area contributed by atoms with Gasteiger partial charge in [-0.25, -0.2) is 4.79 Å². The van der Waals surface area contributed by atoms with E-state index in [1.54, 1.807) is 0 Å². The summed E-state index contributed by atoms with van der Waals surface area (Å²) >= 11 is 0. The third kappa shape index (κ3) is 3.92. The number of carboxylic acids is 1. The van der Waals surface area contributed by atoms with E-state index in [0.29, 0.717) is 0 Å². The average Bonchev–Trinajstić information content (AvgIpc) is 3.36. The van der Waals surface area contributed by atoms with Crippen LogP contribution in [0.15, 0.2) is 66.9 Å². The van der Waals surface area contributed by atoms with E-state index in [1.807, 2.05) is 48.5 Å². The van der Waals surface area contributed by atoms with Crippen LogP contribution in [0.2, 0.25) is 0 Å². The van der Waals surface area contributed by atoms with Crippen molar-refractivity contribution in [2.75, 3.05) is 6.61 Å². The second kappa shape index (κ2) is 9.01. The minimum absolute atomic E-state index is 0. The predicted molar refractivity (Wildman–Crippen MR) is 102 cm³/mol. The molecule has 0 fully saturated rings. The van der Waals surface area contributed by atoms with Crippen molar-refractivity contribution in [3.05, 3.63) is 83.7 Å². The number of alkyl halides is 3. The van der Waals surface area contributed by atoms with Crippen molar-refractivity contribution in [2.24, 2.45) is 0 Å². The van der Waals surface area contributed by atoms with Crippen molar-refractivity contribution in [3.63, 3.8) is 0 Å². The second-order valence-electron chi connectivity index (χ2n) is 7.07. The molecular formula is C22H16F3N2NaO4. The molecule has 1 amide bonds. The first-order chi connectivity index (χ1) is 14.8. The zero-order valence-electron chi connectivity index (χ0n) is 16.9. The largest absolute Gasteiger partial charge is 1.00 e. The number of H-pyrrole nitrogens is 1. The molecule has 1 heterocycles. The summed E-state index contributed by atoms with van der Waals surface area (Å²) in [5.74, 6) is -2.93. The van der Waals surface area contributed by atoms with Gasteiger partial charge >= 0.3 is 41.8 Å². The van der Waals surface area contributed by atoms with Crippen LogP contribution in [0.4, 0.5) is 18.0 Å². The molecule has 160 valence electrons. The first-order valence-electron chi connectivity index (χ1n) is 9.31. The van der Waals surface area contributed by atoms with E-state index in [1.165, 1.54) is 11.4 Å². The number of aliphatic carboxylic acids is 1. The zero-order chi connectivity index (χ0) is 22.2. The van der Waals surface area contributed by atoms with Gasteiger partial charge in [0.1, 0.15) is 6.61 Å². The topological polar surface area (TPSA) is 94.3 Å². The first-order valence-corrected chi connectivity index (χ1v) is 9.31. The minimum Gasteiger partial charge on any atom is -0.547 e. The van der Waals surface area contributed by atoms with Crippen molar-refractivity contribution in [1.29, 1.82) is 0 Å². The molecule has 1 aromatic heterocycles. The number of carbonyl (C=O) groups is 2. The maximum Gasteiger partial charge on any atom is 1.00 e. The Morgan fingerprint density at radius 3 is 2.00 bits per heavy atom. The monoisotopic (exact) mass is 452 g/mol. The van der Waals surface area contributed by atoms with Crippen LogP contribution in [0.5, 0.6) is 0 Å². The number of benzene rings is 2. The van der Waals surface area contributed by atoms with Gasteiger partial charge in [-0.05, 0) is 34.4 Å². The van der Waals surface area contributed by atoms with Gasteiger partial charge in [-0.15, -0.1) is 0 Å². The molecule has 2 N–H and O–H groups in total. The van der Waals surface area contributed by atoms with Gasteiger partial charge in [-0.2, -0.15) is 13.2 Å². The summed E-state index contributed by atoms with van der Waals surface area (Å²) in [6, 6.07) is 16.9. The number of ether oxygens (including phenoxy) is 1. The molecule has 6 nitrogen and oxygen atoms in total. The third-order valence-electron chi connectivity index (χ3n) is 5.37. The molecule has 0 bridgehead atoms. The summed E-state index contributed by atoms with van der Waals surface area (Å²) in [7, 11) is 0. The number of amides is 1. The van der Waals surface area contributed by atoms with Crippen LogP contribution in [-0.2, 0) is 15.1 Å². The molecule has 1 aliphatic rings. The molecule has 1 aliphatic carbocycles. The van der Waals surface area contributed by atoms with Gasteiger partial charge < -0.3 is 19.6 Å². The van der Waals surface area contributed by atoms with Crippen LogP contribution < -0.4 is 40.0 Å². The predicted octanol–water partition coefficient (Wildman–Crippen LogP) is 0.0649. The van der Waals surface area contributed by atoms with E-state index in [-0.39, 0.29) is 36.2 Å².